The Hall–Kier alpha value is -3.13. The van der Waals surface area contributed by atoms with Gasteiger partial charge in [0.25, 0.3) is 11.7 Å². The van der Waals surface area contributed by atoms with Crippen LogP contribution in [0.1, 0.15) is 45.2 Å². The first kappa shape index (κ1) is 23.0. The van der Waals surface area contributed by atoms with Gasteiger partial charge in [-0.25, -0.2) is 18.5 Å². The van der Waals surface area contributed by atoms with Crippen LogP contribution in [-0.2, 0) is 15.3 Å². The third kappa shape index (κ3) is 4.39. The highest BCUT2D eigenvalue weighted by molar-refractivity contribution is 6.30. The highest BCUT2D eigenvalue weighted by Crippen LogP contribution is 2.50. The summed E-state index contributed by atoms with van der Waals surface area (Å²) < 4.78 is 46.6. The van der Waals surface area contributed by atoms with E-state index < -0.39 is 35.0 Å². The molecule has 6 nitrogen and oxygen atoms in total. The van der Waals surface area contributed by atoms with Crippen LogP contribution < -0.4 is 9.47 Å². The standard InChI is InChI=1S/C24H22ClF2NO5/c1-23(2,3)33-22(30)28-10-9-13(11-19(28)29)20-16(26)7-8-18-21(20)32-24(4,31-18)15-6-5-14(25)12-17(15)27/h5-8,11-12H,9-10H2,1-4H3. The Bertz CT molecular complexity index is 1190. The molecule has 0 N–H and O–H groups in total. The number of rotatable bonds is 2. The van der Waals surface area contributed by atoms with Crippen molar-refractivity contribution in [2.24, 2.45) is 0 Å². The molecule has 2 aromatic rings. The van der Waals surface area contributed by atoms with Crippen LogP contribution in [0.4, 0.5) is 13.6 Å². The molecule has 174 valence electrons. The zero-order valence-electron chi connectivity index (χ0n) is 18.5. The second-order valence-corrected chi connectivity index (χ2v) is 9.35. The third-order valence-electron chi connectivity index (χ3n) is 5.20. The molecule has 9 heteroatoms. The summed E-state index contributed by atoms with van der Waals surface area (Å²) in [6.07, 6.45) is 0.578. The van der Waals surface area contributed by atoms with Gasteiger partial charge in [0.15, 0.2) is 11.5 Å². The van der Waals surface area contributed by atoms with Crippen molar-refractivity contribution >= 4 is 29.2 Å². The second-order valence-electron chi connectivity index (χ2n) is 8.91. The van der Waals surface area contributed by atoms with Crippen LogP contribution in [0, 0.1) is 11.6 Å². The summed E-state index contributed by atoms with van der Waals surface area (Å²) >= 11 is 5.84. The van der Waals surface area contributed by atoms with Crippen molar-refractivity contribution in [2.75, 3.05) is 6.54 Å². The Labute approximate surface area is 194 Å². The molecule has 0 saturated heterocycles. The number of benzene rings is 2. The van der Waals surface area contributed by atoms with E-state index in [1.165, 1.54) is 37.3 Å². The summed E-state index contributed by atoms with van der Waals surface area (Å²) in [7, 11) is 0. The van der Waals surface area contributed by atoms with Crippen LogP contribution in [0.15, 0.2) is 36.4 Å². The molecular formula is C24H22ClF2NO5. The zero-order chi connectivity index (χ0) is 24.1. The fourth-order valence-electron chi connectivity index (χ4n) is 3.75. The van der Waals surface area contributed by atoms with E-state index >= 15 is 0 Å². The molecule has 4 rings (SSSR count). The molecular weight excluding hydrogens is 456 g/mol. The molecule has 1 unspecified atom stereocenters. The van der Waals surface area contributed by atoms with Crippen molar-refractivity contribution in [2.45, 2.75) is 45.5 Å². The van der Waals surface area contributed by atoms with Gasteiger partial charge in [-0.05, 0) is 63.1 Å². The Morgan fingerprint density at radius 1 is 1.15 bits per heavy atom. The summed E-state index contributed by atoms with van der Waals surface area (Å²) in [6.45, 7) is 6.60. The van der Waals surface area contributed by atoms with E-state index in [4.69, 9.17) is 25.8 Å². The van der Waals surface area contributed by atoms with Crippen molar-refractivity contribution in [3.63, 3.8) is 0 Å². The molecule has 1 atom stereocenters. The van der Waals surface area contributed by atoms with Crippen LogP contribution in [0.3, 0.4) is 0 Å². The van der Waals surface area contributed by atoms with E-state index in [0.29, 0.717) is 5.57 Å². The van der Waals surface area contributed by atoms with Crippen molar-refractivity contribution in [3.8, 4) is 11.5 Å². The maximum absolute atomic E-state index is 14.9. The molecule has 0 fully saturated rings. The Kier molecular flexibility index (Phi) is 5.60. The monoisotopic (exact) mass is 477 g/mol. The van der Waals surface area contributed by atoms with Crippen LogP contribution >= 0.6 is 11.6 Å². The predicted octanol–water partition coefficient (Wildman–Crippen LogP) is 5.81. The number of hydrogen-bond donors (Lipinski definition) is 0. The predicted molar refractivity (Wildman–Crippen MR) is 117 cm³/mol. The van der Waals surface area contributed by atoms with E-state index in [1.807, 2.05) is 0 Å². The lowest BCUT2D eigenvalue weighted by atomic mass is 9.97. The maximum atomic E-state index is 14.9. The van der Waals surface area contributed by atoms with Gasteiger partial charge in [-0.1, -0.05) is 11.6 Å². The summed E-state index contributed by atoms with van der Waals surface area (Å²) in [4.78, 5) is 25.9. The number of fused-ring (bicyclic) bond motifs is 1. The van der Waals surface area contributed by atoms with E-state index in [1.54, 1.807) is 20.8 Å². The van der Waals surface area contributed by atoms with Crippen LogP contribution in [-0.4, -0.2) is 29.0 Å². The first-order valence-electron chi connectivity index (χ1n) is 10.3. The normalized spacial score (nSPS) is 20.0. The SMILES string of the molecule is CC(C)(C)OC(=O)N1CCC(c2c(F)ccc3c2OC(C)(c2ccc(Cl)cc2F)O3)=CC1=O. The largest absolute Gasteiger partial charge is 0.444 e. The third-order valence-corrected chi connectivity index (χ3v) is 5.43. The fraction of sp³-hybridized carbons (Fsp3) is 0.333. The summed E-state index contributed by atoms with van der Waals surface area (Å²) in [5.74, 6) is -3.22. The van der Waals surface area contributed by atoms with Gasteiger partial charge in [-0.15, -0.1) is 0 Å². The zero-order valence-corrected chi connectivity index (χ0v) is 19.3. The number of imide groups is 1. The number of halogens is 3. The highest BCUT2D eigenvalue weighted by Gasteiger charge is 2.43. The number of amides is 2. The minimum absolute atomic E-state index is 0.00657. The number of ether oxygens (including phenoxy) is 3. The molecule has 0 bridgehead atoms. The molecule has 0 aliphatic carbocycles. The van der Waals surface area contributed by atoms with E-state index in [2.05, 4.69) is 0 Å². The minimum atomic E-state index is -1.57. The van der Waals surface area contributed by atoms with Gasteiger partial charge < -0.3 is 14.2 Å². The summed E-state index contributed by atoms with van der Waals surface area (Å²) in [6, 6.07) is 6.63. The first-order chi connectivity index (χ1) is 15.4. The fourth-order valence-corrected chi connectivity index (χ4v) is 3.91. The van der Waals surface area contributed by atoms with Crippen LogP contribution in [0.5, 0.6) is 11.5 Å². The van der Waals surface area contributed by atoms with Gasteiger partial charge in [0.05, 0.1) is 11.1 Å². The topological polar surface area (TPSA) is 65.1 Å². The maximum Gasteiger partial charge on any atom is 0.417 e. The van der Waals surface area contributed by atoms with Gasteiger partial charge in [-0.2, -0.15) is 0 Å². The first-order valence-corrected chi connectivity index (χ1v) is 10.7. The molecule has 2 amide bonds. The molecule has 2 aromatic carbocycles. The van der Waals surface area contributed by atoms with Gasteiger partial charge in [0.2, 0.25) is 0 Å². The van der Waals surface area contributed by atoms with E-state index in [-0.39, 0.29) is 40.6 Å². The van der Waals surface area contributed by atoms with E-state index in [9.17, 15) is 18.4 Å². The molecule has 2 aliphatic rings. The Morgan fingerprint density at radius 2 is 1.88 bits per heavy atom. The average Bonchev–Trinajstić information content (AvgIpc) is 3.03. The molecule has 0 spiro atoms. The number of hydrogen-bond acceptors (Lipinski definition) is 5. The summed E-state index contributed by atoms with van der Waals surface area (Å²) in [5, 5.41) is 0.211. The number of nitrogens with zero attached hydrogens (tertiary/aromatic N) is 1. The molecule has 2 aliphatic heterocycles. The lowest BCUT2D eigenvalue weighted by molar-refractivity contribution is -0.125. The quantitative estimate of drug-likeness (QED) is 0.546. The van der Waals surface area contributed by atoms with Gasteiger partial charge >= 0.3 is 6.09 Å². The number of carbonyl (C=O) groups excluding carboxylic acids is 2. The number of carbonyl (C=O) groups is 2. The molecule has 0 aromatic heterocycles. The van der Waals surface area contributed by atoms with Crippen LogP contribution in [0.25, 0.3) is 5.57 Å². The van der Waals surface area contributed by atoms with Crippen molar-refractivity contribution < 1.29 is 32.6 Å². The Balaban J connectivity index is 1.66. The lowest BCUT2D eigenvalue weighted by Crippen LogP contribution is -2.42. The van der Waals surface area contributed by atoms with Crippen LogP contribution in [0.2, 0.25) is 5.02 Å². The summed E-state index contributed by atoms with van der Waals surface area (Å²) in [5.41, 5.74) is -0.319. The minimum Gasteiger partial charge on any atom is -0.444 e. The smallest absolute Gasteiger partial charge is 0.417 e. The van der Waals surface area contributed by atoms with E-state index in [0.717, 1.165) is 11.0 Å². The Morgan fingerprint density at radius 3 is 2.52 bits per heavy atom. The van der Waals surface area contributed by atoms with Crippen molar-refractivity contribution in [1.82, 2.24) is 4.90 Å². The molecule has 0 saturated carbocycles. The van der Waals surface area contributed by atoms with Gasteiger partial charge in [-0.3, -0.25) is 4.79 Å². The molecule has 0 radical (unpaired) electrons. The average molecular weight is 478 g/mol. The second kappa shape index (κ2) is 8.02. The highest BCUT2D eigenvalue weighted by atomic mass is 35.5. The van der Waals surface area contributed by atoms with Gasteiger partial charge in [0.1, 0.15) is 17.2 Å². The molecule has 33 heavy (non-hydrogen) atoms. The molecule has 2 heterocycles. The van der Waals surface area contributed by atoms with Crippen molar-refractivity contribution in [1.29, 1.82) is 0 Å². The lowest BCUT2D eigenvalue weighted by Gasteiger charge is -2.28. The van der Waals surface area contributed by atoms with Gasteiger partial charge in [0, 0.05) is 24.6 Å². The van der Waals surface area contributed by atoms with Crippen molar-refractivity contribution in [3.05, 3.63) is 64.2 Å².